The molecule has 0 aliphatic heterocycles. The van der Waals surface area contributed by atoms with Crippen LogP contribution in [0.1, 0.15) is 25.5 Å². The van der Waals surface area contributed by atoms with E-state index in [9.17, 15) is 14.9 Å². The normalized spacial score (nSPS) is 10.3. The molecule has 0 saturated carbocycles. The molecule has 0 radical (unpaired) electrons. The largest absolute Gasteiger partial charge is 0.334 e. The summed E-state index contributed by atoms with van der Waals surface area (Å²) in [5.74, 6) is 0. The molecule has 0 aliphatic carbocycles. The van der Waals surface area contributed by atoms with E-state index in [1.807, 2.05) is 6.92 Å². The molecular formula is C10H14N2O3. The predicted octanol–water partition coefficient (Wildman–Crippen LogP) is 1.87. The highest BCUT2D eigenvalue weighted by atomic mass is 16.6. The van der Waals surface area contributed by atoms with E-state index in [-0.39, 0.29) is 5.69 Å². The Morgan fingerprint density at radius 1 is 1.47 bits per heavy atom. The number of rotatable bonds is 4. The molecule has 0 bridgehead atoms. The topological polar surface area (TPSA) is 65.1 Å². The van der Waals surface area contributed by atoms with Crippen LogP contribution in [0, 0.1) is 17.0 Å². The molecule has 0 saturated heterocycles. The van der Waals surface area contributed by atoms with Crippen LogP contribution in [-0.4, -0.2) is 9.49 Å². The molecule has 15 heavy (non-hydrogen) atoms. The van der Waals surface area contributed by atoms with Gasteiger partial charge in [0.05, 0.1) is 4.92 Å². The van der Waals surface area contributed by atoms with Gasteiger partial charge in [0, 0.05) is 18.3 Å². The average Bonchev–Trinajstić information content (AvgIpc) is 2.17. The van der Waals surface area contributed by atoms with Gasteiger partial charge in [-0.2, -0.15) is 0 Å². The predicted molar refractivity (Wildman–Crippen MR) is 57.0 cm³/mol. The van der Waals surface area contributed by atoms with Gasteiger partial charge >= 0.3 is 11.2 Å². The van der Waals surface area contributed by atoms with Crippen molar-refractivity contribution in [3.63, 3.8) is 0 Å². The lowest BCUT2D eigenvalue weighted by Crippen LogP contribution is -2.24. The van der Waals surface area contributed by atoms with Crippen LogP contribution in [0.4, 0.5) is 5.69 Å². The van der Waals surface area contributed by atoms with Gasteiger partial charge in [0.1, 0.15) is 0 Å². The number of unbranched alkanes of at least 4 members (excludes halogenated alkanes) is 1. The van der Waals surface area contributed by atoms with Crippen molar-refractivity contribution in [2.75, 3.05) is 0 Å². The molecule has 0 fully saturated rings. The smallest absolute Gasteiger partial charge is 0.307 e. The first-order valence-corrected chi connectivity index (χ1v) is 4.92. The lowest BCUT2D eigenvalue weighted by molar-refractivity contribution is -0.386. The van der Waals surface area contributed by atoms with E-state index >= 15 is 0 Å². The SMILES string of the molecule is CCCCn1c(C)ccc([N+](=O)[O-])c1=O. The van der Waals surface area contributed by atoms with Crippen molar-refractivity contribution in [1.29, 1.82) is 0 Å². The molecule has 1 aromatic heterocycles. The van der Waals surface area contributed by atoms with Crippen LogP contribution in [-0.2, 0) is 6.54 Å². The summed E-state index contributed by atoms with van der Waals surface area (Å²) >= 11 is 0. The Bertz CT molecular complexity index is 423. The molecular weight excluding hydrogens is 196 g/mol. The second-order valence-electron chi connectivity index (χ2n) is 3.43. The van der Waals surface area contributed by atoms with Crippen molar-refractivity contribution >= 4 is 5.69 Å². The average molecular weight is 210 g/mol. The number of pyridine rings is 1. The molecule has 1 aromatic rings. The summed E-state index contributed by atoms with van der Waals surface area (Å²) in [7, 11) is 0. The van der Waals surface area contributed by atoms with E-state index in [2.05, 4.69) is 0 Å². The van der Waals surface area contributed by atoms with E-state index in [1.165, 1.54) is 10.6 Å². The number of hydrogen-bond acceptors (Lipinski definition) is 3. The molecule has 82 valence electrons. The number of nitrogens with zero attached hydrogens (tertiary/aromatic N) is 2. The molecule has 0 spiro atoms. The summed E-state index contributed by atoms with van der Waals surface area (Å²) in [6, 6.07) is 2.87. The van der Waals surface area contributed by atoms with Crippen LogP contribution < -0.4 is 5.56 Å². The van der Waals surface area contributed by atoms with Crippen LogP contribution in [0.3, 0.4) is 0 Å². The Balaban J connectivity index is 3.18. The van der Waals surface area contributed by atoms with E-state index in [4.69, 9.17) is 0 Å². The second kappa shape index (κ2) is 4.72. The summed E-state index contributed by atoms with van der Waals surface area (Å²) in [6.07, 6.45) is 1.80. The summed E-state index contributed by atoms with van der Waals surface area (Å²) in [6.45, 7) is 4.33. The number of hydrogen-bond donors (Lipinski definition) is 0. The first kappa shape index (κ1) is 11.4. The Labute approximate surface area is 87.5 Å². The van der Waals surface area contributed by atoms with Gasteiger partial charge in [-0.15, -0.1) is 0 Å². The zero-order valence-corrected chi connectivity index (χ0v) is 8.90. The maximum absolute atomic E-state index is 11.7. The maximum Gasteiger partial charge on any atom is 0.334 e. The van der Waals surface area contributed by atoms with Gasteiger partial charge in [-0.1, -0.05) is 13.3 Å². The number of nitro groups is 1. The van der Waals surface area contributed by atoms with Crippen LogP contribution in [0.5, 0.6) is 0 Å². The first-order chi connectivity index (χ1) is 7.07. The van der Waals surface area contributed by atoms with E-state index in [0.717, 1.165) is 18.5 Å². The van der Waals surface area contributed by atoms with E-state index < -0.39 is 10.5 Å². The Kier molecular flexibility index (Phi) is 3.60. The van der Waals surface area contributed by atoms with Gasteiger partial charge in [-0.05, 0) is 19.4 Å². The van der Waals surface area contributed by atoms with Gasteiger partial charge in [0.2, 0.25) is 0 Å². The van der Waals surface area contributed by atoms with Gasteiger partial charge < -0.3 is 4.57 Å². The lowest BCUT2D eigenvalue weighted by atomic mass is 10.3. The summed E-state index contributed by atoms with van der Waals surface area (Å²) in [4.78, 5) is 21.6. The molecule has 5 heteroatoms. The number of aryl methyl sites for hydroxylation is 1. The molecule has 0 N–H and O–H groups in total. The van der Waals surface area contributed by atoms with E-state index in [0.29, 0.717) is 6.54 Å². The Hall–Kier alpha value is -1.65. The summed E-state index contributed by atoms with van der Waals surface area (Å²) < 4.78 is 1.46. The standard InChI is InChI=1S/C10H14N2O3/c1-3-4-7-11-8(2)5-6-9(10(11)13)12(14)15/h5-6H,3-4,7H2,1-2H3. The maximum atomic E-state index is 11.7. The third kappa shape index (κ3) is 2.43. The van der Waals surface area contributed by atoms with Gasteiger partial charge in [0.15, 0.2) is 0 Å². The van der Waals surface area contributed by atoms with Gasteiger partial charge in [0.25, 0.3) is 0 Å². The highest BCUT2D eigenvalue weighted by Crippen LogP contribution is 2.06. The molecule has 0 atom stereocenters. The van der Waals surface area contributed by atoms with Crippen molar-refractivity contribution in [1.82, 2.24) is 4.57 Å². The minimum atomic E-state index is -0.635. The third-order valence-corrected chi connectivity index (χ3v) is 2.30. The first-order valence-electron chi connectivity index (χ1n) is 4.92. The Morgan fingerprint density at radius 3 is 2.67 bits per heavy atom. The zero-order chi connectivity index (χ0) is 11.4. The van der Waals surface area contributed by atoms with E-state index in [1.54, 1.807) is 13.0 Å². The summed E-state index contributed by atoms with van der Waals surface area (Å²) in [5.41, 5.74) is -0.0933. The minimum Gasteiger partial charge on any atom is -0.307 e. The van der Waals surface area contributed by atoms with Gasteiger partial charge in [-0.3, -0.25) is 14.9 Å². The highest BCUT2D eigenvalue weighted by Gasteiger charge is 2.14. The molecule has 0 aliphatic rings. The monoisotopic (exact) mass is 210 g/mol. The van der Waals surface area contributed by atoms with Crippen molar-refractivity contribution in [3.8, 4) is 0 Å². The van der Waals surface area contributed by atoms with Crippen LogP contribution in [0.15, 0.2) is 16.9 Å². The molecule has 0 amide bonds. The molecule has 1 heterocycles. The second-order valence-corrected chi connectivity index (χ2v) is 3.43. The molecule has 1 rings (SSSR count). The van der Waals surface area contributed by atoms with Crippen LogP contribution in [0.25, 0.3) is 0 Å². The van der Waals surface area contributed by atoms with Crippen molar-refractivity contribution in [2.24, 2.45) is 0 Å². The van der Waals surface area contributed by atoms with Crippen molar-refractivity contribution in [2.45, 2.75) is 33.2 Å². The quantitative estimate of drug-likeness (QED) is 0.562. The van der Waals surface area contributed by atoms with Crippen molar-refractivity contribution < 1.29 is 4.92 Å². The fourth-order valence-electron chi connectivity index (χ4n) is 1.39. The fourth-order valence-corrected chi connectivity index (χ4v) is 1.39. The van der Waals surface area contributed by atoms with Crippen LogP contribution >= 0.6 is 0 Å². The third-order valence-electron chi connectivity index (χ3n) is 2.30. The lowest BCUT2D eigenvalue weighted by Gasteiger charge is -2.07. The highest BCUT2D eigenvalue weighted by molar-refractivity contribution is 5.27. The minimum absolute atomic E-state index is 0.350. The summed E-state index contributed by atoms with van der Waals surface area (Å²) in [5, 5.41) is 10.6. The van der Waals surface area contributed by atoms with Crippen molar-refractivity contribution in [3.05, 3.63) is 38.3 Å². The molecule has 0 aromatic carbocycles. The van der Waals surface area contributed by atoms with Gasteiger partial charge in [-0.25, -0.2) is 0 Å². The molecule has 5 nitrogen and oxygen atoms in total. The Morgan fingerprint density at radius 2 is 2.13 bits per heavy atom. The van der Waals surface area contributed by atoms with Crippen LogP contribution in [0.2, 0.25) is 0 Å². The zero-order valence-electron chi connectivity index (χ0n) is 8.90. The fraction of sp³-hybridized carbons (Fsp3) is 0.500. The molecule has 0 unspecified atom stereocenters. The number of aromatic nitrogens is 1.